The summed E-state index contributed by atoms with van der Waals surface area (Å²) < 4.78 is 30.7. The zero-order valence-electron chi connectivity index (χ0n) is 11.2. The normalized spacial score (nSPS) is 11.3. The standard InChI is InChI=1S/C12H20N2O3S/c1-10-5-6-12(17-4)11(9-10)14(3)18(15,16)8-7-13-2/h5-6,9,13H,7-8H2,1-4H3. The first-order valence-corrected chi connectivity index (χ1v) is 7.29. The molecule has 0 unspecified atom stereocenters. The van der Waals surface area contributed by atoms with Crippen LogP contribution in [0.1, 0.15) is 5.56 Å². The van der Waals surface area contributed by atoms with Gasteiger partial charge in [-0.2, -0.15) is 0 Å². The minimum absolute atomic E-state index is 0.0527. The van der Waals surface area contributed by atoms with Crippen molar-refractivity contribution >= 4 is 15.7 Å². The molecule has 18 heavy (non-hydrogen) atoms. The quantitative estimate of drug-likeness (QED) is 0.839. The van der Waals surface area contributed by atoms with Gasteiger partial charge in [0.2, 0.25) is 10.0 Å². The molecule has 1 N–H and O–H groups in total. The molecule has 0 heterocycles. The highest BCUT2D eigenvalue weighted by Gasteiger charge is 2.20. The molecule has 0 saturated carbocycles. The van der Waals surface area contributed by atoms with E-state index in [1.54, 1.807) is 26.2 Å². The van der Waals surface area contributed by atoms with Crippen molar-refractivity contribution in [3.63, 3.8) is 0 Å². The molecule has 0 spiro atoms. The second-order valence-electron chi connectivity index (χ2n) is 4.06. The summed E-state index contributed by atoms with van der Waals surface area (Å²) in [5, 5.41) is 2.83. The SMILES string of the molecule is CNCCS(=O)(=O)N(C)c1cc(C)ccc1OC. The van der Waals surface area contributed by atoms with E-state index >= 15 is 0 Å². The van der Waals surface area contributed by atoms with Crippen LogP contribution in [0.3, 0.4) is 0 Å². The van der Waals surface area contributed by atoms with Crippen LogP contribution in [-0.2, 0) is 10.0 Å². The van der Waals surface area contributed by atoms with E-state index in [9.17, 15) is 8.42 Å². The van der Waals surface area contributed by atoms with E-state index in [1.165, 1.54) is 11.4 Å². The van der Waals surface area contributed by atoms with Crippen LogP contribution >= 0.6 is 0 Å². The third-order valence-corrected chi connectivity index (χ3v) is 4.45. The molecule has 0 fully saturated rings. The van der Waals surface area contributed by atoms with Gasteiger partial charge < -0.3 is 10.1 Å². The fourth-order valence-corrected chi connectivity index (χ4v) is 2.74. The first-order valence-electron chi connectivity index (χ1n) is 5.68. The van der Waals surface area contributed by atoms with Gasteiger partial charge in [0.25, 0.3) is 0 Å². The largest absolute Gasteiger partial charge is 0.495 e. The van der Waals surface area contributed by atoms with Crippen molar-refractivity contribution < 1.29 is 13.2 Å². The predicted molar refractivity (Wildman–Crippen MR) is 73.8 cm³/mol. The number of ether oxygens (including phenoxy) is 1. The Bertz CT molecular complexity index is 500. The number of benzene rings is 1. The Morgan fingerprint density at radius 2 is 2.06 bits per heavy atom. The van der Waals surface area contributed by atoms with E-state index in [0.29, 0.717) is 18.0 Å². The summed E-state index contributed by atoms with van der Waals surface area (Å²) in [6.07, 6.45) is 0. The number of aryl methyl sites for hydroxylation is 1. The fourth-order valence-electron chi connectivity index (χ4n) is 1.56. The summed E-state index contributed by atoms with van der Waals surface area (Å²) in [7, 11) is 1.46. The number of sulfonamides is 1. The Morgan fingerprint density at radius 1 is 1.39 bits per heavy atom. The van der Waals surface area contributed by atoms with Crippen molar-refractivity contribution in [3.8, 4) is 5.75 Å². The predicted octanol–water partition coefficient (Wildman–Crippen LogP) is 0.989. The van der Waals surface area contributed by atoms with Crippen molar-refractivity contribution in [2.24, 2.45) is 0 Å². The van der Waals surface area contributed by atoms with Crippen LogP contribution < -0.4 is 14.4 Å². The van der Waals surface area contributed by atoms with Gasteiger partial charge >= 0.3 is 0 Å². The van der Waals surface area contributed by atoms with Crippen molar-refractivity contribution in [1.29, 1.82) is 0 Å². The third kappa shape index (κ3) is 3.36. The van der Waals surface area contributed by atoms with Gasteiger partial charge in [-0.1, -0.05) is 6.07 Å². The number of methoxy groups -OCH3 is 1. The van der Waals surface area contributed by atoms with Gasteiger partial charge in [0, 0.05) is 13.6 Å². The Balaban J connectivity index is 3.09. The van der Waals surface area contributed by atoms with Crippen LogP contribution in [0.5, 0.6) is 5.75 Å². The Kier molecular flexibility index (Phi) is 4.98. The smallest absolute Gasteiger partial charge is 0.236 e. The maximum atomic E-state index is 12.1. The Hall–Kier alpha value is -1.27. The molecule has 0 aliphatic rings. The lowest BCUT2D eigenvalue weighted by Crippen LogP contribution is -2.33. The molecule has 1 aromatic rings. The molecule has 0 amide bonds. The lowest BCUT2D eigenvalue weighted by molar-refractivity contribution is 0.415. The second-order valence-corrected chi connectivity index (χ2v) is 6.18. The number of nitrogens with zero attached hydrogens (tertiary/aromatic N) is 1. The minimum atomic E-state index is -3.33. The molecule has 0 bridgehead atoms. The van der Waals surface area contributed by atoms with Crippen LogP contribution in [0, 0.1) is 6.92 Å². The molecule has 5 nitrogen and oxygen atoms in total. The summed E-state index contributed by atoms with van der Waals surface area (Å²) >= 11 is 0. The maximum Gasteiger partial charge on any atom is 0.236 e. The molecule has 0 aliphatic carbocycles. The van der Waals surface area contributed by atoms with Crippen molar-refractivity contribution in [1.82, 2.24) is 5.32 Å². The molecule has 0 aromatic heterocycles. The van der Waals surface area contributed by atoms with Crippen molar-refractivity contribution in [2.75, 3.05) is 37.8 Å². The third-order valence-electron chi connectivity index (χ3n) is 2.70. The van der Waals surface area contributed by atoms with E-state index < -0.39 is 10.0 Å². The van der Waals surface area contributed by atoms with Gasteiger partial charge in [-0.15, -0.1) is 0 Å². The molecule has 0 atom stereocenters. The molecule has 6 heteroatoms. The molecule has 102 valence electrons. The summed E-state index contributed by atoms with van der Waals surface area (Å²) in [5.74, 6) is 0.605. The minimum Gasteiger partial charge on any atom is -0.495 e. The highest BCUT2D eigenvalue weighted by Crippen LogP contribution is 2.30. The second kappa shape index (κ2) is 6.06. The summed E-state index contributed by atoms with van der Waals surface area (Å²) in [6, 6.07) is 5.46. The molecule has 0 aliphatic heterocycles. The van der Waals surface area contributed by atoms with E-state index in [4.69, 9.17) is 4.74 Å². The van der Waals surface area contributed by atoms with Crippen LogP contribution in [-0.4, -0.2) is 41.9 Å². The van der Waals surface area contributed by atoms with Crippen molar-refractivity contribution in [2.45, 2.75) is 6.92 Å². The van der Waals surface area contributed by atoms with Crippen LogP contribution in [0.2, 0.25) is 0 Å². The van der Waals surface area contributed by atoms with Gasteiger partial charge in [-0.05, 0) is 31.7 Å². The van der Waals surface area contributed by atoms with Crippen molar-refractivity contribution in [3.05, 3.63) is 23.8 Å². The fraction of sp³-hybridized carbons (Fsp3) is 0.500. The van der Waals surface area contributed by atoms with Gasteiger partial charge in [0.05, 0.1) is 18.6 Å². The van der Waals surface area contributed by atoms with Crippen LogP contribution in [0.4, 0.5) is 5.69 Å². The van der Waals surface area contributed by atoms with Crippen LogP contribution in [0.15, 0.2) is 18.2 Å². The summed E-state index contributed by atoms with van der Waals surface area (Å²) in [6.45, 7) is 2.33. The lowest BCUT2D eigenvalue weighted by Gasteiger charge is -2.22. The molecule has 0 radical (unpaired) electrons. The van der Waals surface area contributed by atoms with Gasteiger partial charge in [0.1, 0.15) is 5.75 Å². The van der Waals surface area contributed by atoms with Gasteiger partial charge in [0.15, 0.2) is 0 Å². The highest BCUT2D eigenvalue weighted by atomic mass is 32.2. The Morgan fingerprint density at radius 3 is 2.61 bits per heavy atom. The number of hydrogen-bond donors (Lipinski definition) is 1. The molecule has 0 saturated heterocycles. The lowest BCUT2D eigenvalue weighted by atomic mass is 10.2. The first-order chi connectivity index (χ1) is 8.42. The Labute approximate surface area is 109 Å². The maximum absolute atomic E-state index is 12.1. The molecular weight excluding hydrogens is 252 g/mol. The molecule has 1 rings (SSSR count). The van der Waals surface area contributed by atoms with E-state index in [-0.39, 0.29) is 5.75 Å². The monoisotopic (exact) mass is 272 g/mol. The molecular formula is C12H20N2O3S. The summed E-state index contributed by atoms with van der Waals surface area (Å²) in [5.41, 5.74) is 1.55. The molecule has 1 aromatic carbocycles. The first kappa shape index (κ1) is 14.8. The van der Waals surface area contributed by atoms with Gasteiger partial charge in [-0.25, -0.2) is 8.42 Å². The average Bonchev–Trinajstić information content (AvgIpc) is 2.35. The zero-order valence-corrected chi connectivity index (χ0v) is 12.0. The zero-order chi connectivity index (χ0) is 13.8. The summed E-state index contributed by atoms with van der Waals surface area (Å²) in [4.78, 5) is 0. The van der Waals surface area contributed by atoms with Crippen LogP contribution in [0.25, 0.3) is 0 Å². The number of nitrogens with one attached hydrogen (secondary N) is 1. The highest BCUT2D eigenvalue weighted by molar-refractivity contribution is 7.92. The number of hydrogen-bond acceptors (Lipinski definition) is 4. The van der Waals surface area contributed by atoms with E-state index in [2.05, 4.69) is 5.32 Å². The topological polar surface area (TPSA) is 58.6 Å². The van der Waals surface area contributed by atoms with E-state index in [0.717, 1.165) is 5.56 Å². The number of rotatable bonds is 6. The number of anilines is 1. The van der Waals surface area contributed by atoms with Gasteiger partial charge in [-0.3, -0.25) is 4.31 Å². The average molecular weight is 272 g/mol. The van der Waals surface area contributed by atoms with E-state index in [1.807, 2.05) is 13.0 Å².